The second-order valence-corrected chi connectivity index (χ2v) is 5.22. The van der Waals surface area contributed by atoms with Crippen LogP contribution >= 0.6 is 0 Å². The van der Waals surface area contributed by atoms with Crippen LogP contribution in [0.25, 0.3) is 0 Å². The number of nitrogens with zero attached hydrogens (tertiary/aromatic N) is 1. The number of furan rings is 1. The van der Waals surface area contributed by atoms with Gasteiger partial charge in [0.2, 0.25) is 5.88 Å². The van der Waals surface area contributed by atoms with Gasteiger partial charge in [-0.15, -0.1) is 0 Å². The summed E-state index contributed by atoms with van der Waals surface area (Å²) in [5, 5.41) is 0. The summed E-state index contributed by atoms with van der Waals surface area (Å²) in [7, 11) is 0. The fourth-order valence-corrected chi connectivity index (χ4v) is 2.47. The Morgan fingerprint density at radius 1 is 0.667 bits per heavy atom. The smallest absolute Gasteiger partial charge is 0.207 e. The zero-order valence-corrected chi connectivity index (χ0v) is 12.6. The highest BCUT2D eigenvalue weighted by Crippen LogP contribution is 2.39. The summed E-state index contributed by atoms with van der Waals surface area (Å²) in [6.07, 6.45) is 0. The van der Waals surface area contributed by atoms with Gasteiger partial charge in [-0.2, -0.15) is 0 Å². The van der Waals surface area contributed by atoms with E-state index in [1.807, 2.05) is 43.3 Å². The Balaban J connectivity index is 2.20. The van der Waals surface area contributed by atoms with Crippen molar-refractivity contribution in [3.8, 4) is 0 Å². The van der Waals surface area contributed by atoms with E-state index in [2.05, 4.69) is 43.0 Å². The number of benzene rings is 2. The lowest BCUT2D eigenvalue weighted by molar-refractivity contribution is 0.538. The van der Waals surface area contributed by atoms with Gasteiger partial charge in [0.1, 0.15) is 5.76 Å². The van der Waals surface area contributed by atoms with Crippen molar-refractivity contribution in [1.29, 1.82) is 0 Å². The molecule has 1 heterocycles. The van der Waals surface area contributed by atoms with Gasteiger partial charge in [-0.25, -0.2) is 0 Å². The summed E-state index contributed by atoms with van der Waals surface area (Å²) in [5.41, 5.74) is 4.59. The number of rotatable bonds is 3. The zero-order valence-electron chi connectivity index (χ0n) is 12.6. The van der Waals surface area contributed by atoms with E-state index in [1.165, 1.54) is 11.1 Å². The van der Waals surface area contributed by atoms with E-state index in [0.717, 1.165) is 23.0 Å². The molecule has 3 aromatic rings. The molecule has 21 heavy (non-hydrogen) atoms. The first-order chi connectivity index (χ1) is 10.2. The number of hydrogen-bond acceptors (Lipinski definition) is 2. The first kappa shape index (κ1) is 13.5. The van der Waals surface area contributed by atoms with E-state index >= 15 is 0 Å². The van der Waals surface area contributed by atoms with Crippen LogP contribution in [-0.2, 0) is 0 Å². The van der Waals surface area contributed by atoms with Crippen LogP contribution in [0.3, 0.4) is 0 Å². The Morgan fingerprint density at radius 3 is 1.52 bits per heavy atom. The maximum Gasteiger partial charge on any atom is 0.207 e. The highest BCUT2D eigenvalue weighted by atomic mass is 16.4. The number of hydrogen-bond donors (Lipinski definition) is 0. The maximum absolute atomic E-state index is 6.04. The highest BCUT2D eigenvalue weighted by Gasteiger charge is 2.20. The summed E-state index contributed by atoms with van der Waals surface area (Å²) >= 11 is 0. The summed E-state index contributed by atoms with van der Waals surface area (Å²) in [6, 6.07) is 20.6. The predicted octanol–water partition coefficient (Wildman–Crippen LogP) is 5.67. The molecule has 2 aromatic carbocycles. The minimum absolute atomic E-state index is 0.891. The lowest BCUT2D eigenvalue weighted by Crippen LogP contribution is -2.09. The molecular weight excluding hydrogens is 258 g/mol. The molecule has 0 saturated carbocycles. The number of aryl methyl sites for hydroxylation is 1. The lowest BCUT2D eigenvalue weighted by Gasteiger charge is -2.23. The van der Waals surface area contributed by atoms with E-state index in [0.29, 0.717) is 0 Å². The fourth-order valence-electron chi connectivity index (χ4n) is 2.47. The molecule has 0 aliphatic carbocycles. The second kappa shape index (κ2) is 5.49. The Kier molecular flexibility index (Phi) is 3.53. The quantitative estimate of drug-likeness (QED) is 0.613. The van der Waals surface area contributed by atoms with Crippen LogP contribution in [0.4, 0.5) is 17.3 Å². The molecule has 0 aliphatic rings. The minimum atomic E-state index is 0.891. The standard InChI is InChI=1S/C19H19NO/c1-14-15(2)19(21-16(14)3)20(17-10-6-4-7-11-17)18-12-8-5-9-13-18/h4-13H,1-3H3. The fraction of sp³-hybridized carbons (Fsp3) is 0.158. The molecule has 0 aliphatic heterocycles. The van der Waals surface area contributed by atoms with Crippen molar-refractivity contribution in [2.75, 3.05) is 4.90 Å². The van der Waals surface area contributed by atoms with Gasteiger partial charge in [0.05, 0.1) is 0 Å². The molecule has 0 radical (unpaired) electrons. The molecule has 0 fully saturated rings. The van der Waals surface area contributed by atoms with Gasteiger partial charge in [0, 0.05) is 16.9 Å². The van der Waals surface area contributed by atoms with E-state index in [-0.39, 0.29) is 0 Å². The molecule has 0 saturated heterocycles. The molecule has 0 atom stereocenters. The molecule has 0 bridgehead atoms. The molecule has 0 unspecified atom stereocenters. The Morgan fingerprint density at radius 2 is 1.14 bits per heavy atom. The highest BCUT2D eigenvalue weighted by molar-refractivity contribution is 5.75. The van der Waals surface area contributed by atoms with Gasteiger partial charge in [-0.05, 0) is 50.6 Å². The molecule has 0 N–H and O–H groups in total. The topological polar surface area (TPSA) is 16.4 Å². The van der Waals surface area contributed by atoms with Crippen molar-refractivity contribution in [2.24, 2.45) is 0 Å². The van der Waals surface area contributed by atoms with Crippen LogP contribution in [0.2, 0.25) is 0 Å². The Labute approximate surface area is 125 Å². The van der Waals surface area contributed by atoms with Crippen molar-refractivity contribution in [2.45, 2.75) is 20.8 Å². The normalized spacial score (nSPS) is 10.6. The van der Waals surface area contributed by atoms with Crippen LogP contribution < -0.4 is 4.90 Å². The second-order valence-electron chi connectivity index (χ2n) is 5.22. The van der Waals surface area contributed by atoms with E-state index < -0.39 is 0 Å². The summed E-state index contributed by atoms with van der Waals surface area (Å²) < 4.78 is 6.04. The van der Waals surface area contributed by atoms with Gasteiger partial charge in [-0.1, -0.05) is 36.4 Å². The largest absolute Gasteiger partial charge is 0.445 e. The third-order valence-corrected chi connectivity index (χ3v) is 3.89. The van der Waals surface area contributed by atoms with E-state index in [9.17, 15) is 0 Å². The van der Waals surface area contributed by atoms with Crippen LogP contribution in [0.1, 0.15) is 16.9 Å². The molecule has 106 valence electrons. The first-order valence-electron chi connectivity index (χ1n) is 7.15. The summed E-state index contributed by atoms with van der Waals surface area (Å²) in [4.78, 5) is 2.16. The van der Waals surface area contributed by atoms with E-state index in [4.69, 9.17) is 4.42 Å². The summed E-state index contributed by atoms with van der Waals surface area (Å²) in [5.74, 6) is 1.86. The molecular formula is C19H19NO. The van der Waals surface area contributed by atoms with Gasteiger partial charge >= 0.3 is 0 Å². The molecule has 1 aromatic heterocycles. The third kappa shape index (κ3) is 2.45. The Hall–Kier alpha value is -2.48. The van der Waals surface area contributed by atoms with Crippen LogP contribution in [0.15, 0.2) is 65.1 Å². The molecule has 0 amide bonds. The first-order valence-corrected chi connectivity index (χ1v) is 7.15. The lowest BCUT2D eigenvalue weighted by atomic mass is 10.1. The van der Waals surface area contributed by atoms with Gasteiger partial charge in [0.25, 0.3) is 0 Å². The molecule has 3 rings (SSSR count). The molecule has 2 heteroatoms. The molecule has 0 spiro atoms. The van der Waals surface area contributed by atoms with E-state index in [1.54, 1.807) is 0 Å². The van der Waals surface area contributed by atoms with Gasteiger partial charge in [0.15, 0.2) is 0 Å². The minimum Gasteiger partial charge on any atom is -0.445 e. The monoisotopic (exact) mass is 277 g/mol. The zero-order chi connectivity index (χ0) is 14.8. The van der Waals surface area contributed by atoms with Crippen molar-refractivity contribution < 1.29 is 4.42 Å². The average Bonchev–Trinajstić information content (AvgIpc) is 2.78. The predicted molar refractivity (Wildman–Crippen MR) is 87.6 cm³/mol. The van der Waals surface area contributed by atoms with Crippen molar-refractivity contribution >= 4 is 17.3 Å². The van der Waals surface area contributed by atoms with Crippen LogP contribution in [0, 0.1) is 20.8 Å². The van der Waals surface area contributed by atoms with Crippen LogP contribution in [-0.4, -0.2) is 0 Å². The van der Waals surface area contributed by atoms with Crippen molar-refractivity contribution in [1.82, 2.24) is 0 Å². The van der Waals surface area contributed by atoms with Crippen LogP contribution in [0.5, 0.6) is 0 Å². The Bertz CT molecular complexity index is 690. The molecule has 2 nitrogen and oxygen atoms in total. The third-order valence-electron chi connectivity index (χ3n) is 3.89. The number of anilines is 3. The number of para-hydroxylation sites is 2. The average molecular weight is 277 g/mol. The van der Waals surface area contributed by atoms with Gasteiger partial charge < -0.3 is 4.42 Å². The van der Waals surface area contributed by atoms with Crippen molar-refractivity contribution in [3.05, 3.63) is 77.6 Å². The van der Waals surface area contributed by atoms with Crippen molar-refractivity contribution in [3.63, 3.8) is 0 Å². The maximum atomic E-state index is 6.04. The van der Waals surface area contributed by atoms with Gasteiger partial charge in [-0.3, -0.25) is 4.90 Å². The summed E-state index contributed by atoms with van der Waals surface area (Å²) in [6.45, 7) is 6.23. The SMILES string of the molecule is Cc1oc(N(c2ccccc2)c2ccccc2)c(C)c1C.